The predicted molar refractivity (Wildman–Crippen MR) is 68.1 cm³/mol. The monoisotopic (exact) mass is 292 g/mol. The summed E-state index contributed by atoms with van der Waals surface area (Å²) in [7, 11) is 0. The second-order valence-electron chi connectivity index (χ2n) is 3.88. The molecule has 10 N–H and O–H groups in total. The van der Waals surface area contributed by atoms with Gasteiger partial charge in [-0.15, -0.1) is 0 Å². The van der Waals surface area contributed by atoms with E-state index in [0.717, 1.165) is 0 Å². The topological polar surface area (TPSA) is 213 Å². The summed E-state index contributed by atoms with van der Waals surface area (Å²) in [5.41, 5.74) is 19.8. The zero-order chi connectivity index (χ0) is 16.3. The van der Waals surface area contributed by atoms with Crippen LogP contribution in [0.1, 0.15) is 25.7 Å². The fourth-order valence-electron chi connectivity index (χ4n) is 0.842. The van der Waals surface area contributed by atoms with Crippen LogP contribution in [-0.4, -0.2) is 46.0 Å². The molecule has 0 rings (SSSR count). The lowest BCUT2D eigenvalue weighted by Gasteiger charge is -2.02. The molecule has 0 saturated heterocycles. The molecular formula is C10H20N4O6. The summed E-state index contributed by atoms with van der Waals surface area (Å²) in [6.07, 6.45) is -0.0381. The summed E-state index contributed by atoms with van der Waals surface area (Å²) in [6, 6.07) is -1.67. The number of carbonyl (C=O) groups excluding carboxylic acids is 2. The lowest BCUT2D eigenvalue weighted by atomic mass is 10.1. The standard InChI is InChI=1S/2C5H10N2O3/c2*6-3(5(7)10)1-2-4(8)9/h2*3H,1-2,6H2,(H2,7,10)(H,8,9). The van der Waals surface area contributed by atoms with Gasteiger partial charge in [0.15, 0.2) is 0 Å². The highest BCUT2D eigenvalue weighted by molar-refractivity contribution is 5.80. The maximum Gasteiger partial charge on any atom is 0.303 e. The minimum atomic E-state index is -0.975. The number of aliphatic carboxylic acids is 2. The number of rotatable bonds is 8. The Morgan fingerprint density at radius 3 is 1.15 bits per heavy atom. The van der Waals surface area contributed by atoms with Crippen molar-refractivity contribution in [2.24, 2.45) is 22.9 Å². The average molecular weight is 292 g/mol. The van der Waals surface area contributed by atoms with Gasteiger partial charge in [-0.1, -0.05) is 0 Å². The molecule has 2 amide bonds. The molecular weight excluding hydrogens is 272 g/mol. The minimum Gasteiger partial charge on any atom is -0.481 e. The van der Waals surface area contributed by atoms with Crippen LogP contribution in [0.15, 0.2) is 0 Å². The van der Waals surface area contributed by atoms with Crippen LogP contribution in [0.25, 0.3) is 0 Å². The van der Waals surface area contributed by atoms with Crippen LogP contribution in [0.2, 0.25) is 0 Å². The molecule has 0 heterocycles. The highest BCUT2D eigenvalue weighted by atomic mass is 16.4. The van der Waals surface area contributed by atoms with Gasteiger partial charge < -0.3 is 33.1 Å². The molecule has 2 atom stereocenters. The molecule has 10 heteroatoms. The van der Waals surface area contributed by atoms with Crippen molar-refractivity contribution >= 4 is 23.8 Å². The molecule has 0 radical (unpaired) electrons. The number of carboxylic acids is 2. The van der Waals surface area contributed by atoms with Gasteiger partial charge in [0, 0.05) is 12.8 Å². The van der Waals surface area contributed by atoms with Crippen molar-refractivity contribution in [1.82, 2.24) is 0 Å². The van der Waals surface area contributed by atoms with Crippen molar-refractivity contribution in [3.63, 3.8) is 0 Å². The first-order valence-electron chi connectivity index (χ1n) is 5.61. The Kier molecular flexibility index (Phi) is 10.8. The Morgan fingerprint density at radius 1 is 0.750 bits per heavy atom. The fraction of sp³-hybridized carbons (Fsp3) is 0.600. The van der Waals surface area contributed by atoms with Gasteiger partial charge in [-0.3, -0.25) is 19.2 Å². The third-order valence-corrected chi connectivity index (χ3v) is 2.07. The number of hydrogen-bond donors (Lipinski definition) is 6. The van der Waals surface area contributed by atoms with Gasteiger partial charge in [-0.25, -0.2) is 0 Å². The predicted octanol–water partition coefficient (Wildman–Crippen LogP) is -2.67. The molecule has 0 aromatic carbocycles. The number of carboxylic acid groups (broad SMARTS) is 2. The Hall–Kier alpha value is -2.20. The van der Waals surface area contributed by atoms with Gasteiger partial charge in [0.2, 0.25) is 11.8 Å². The van der Waals surface area contributed by atoms with Crippen molar-refractivity contribution in [3.8, 4) is 0 Å². The third kappa shape index (κ3) is 13.9. The number of hydrogen-bond acceptors (Lipinski definition) is 6. The quantitative estimate of drug-likeness (QED) is 0.276. The van der Waals surface area contributed by atoms with Crippen LogP contribution in [0.3, 0.4) is 0 Å². The Labute approximate surface area is 115 Å². The lowest BCUT2D eigenvalue weighted by molar-refractivity contribution is -0.138. The molecule has 116 valence electrons. The molecule has 0 aromatic rings. The van der Waals surface area contributed by atoms with Crippen LogP contribution in [0, 0.1) is 0 Å². The van der Waals surface area contributed by atoms with Gasteiger partial charge in [0.1, 0.15) is 0 Å². The Morgan fingerprint density at radius 2 is 1.00 bits per heavy atom. The summed E-state index contributed by atoms with van der Waals surface area (Å²) < 4.78 is 0. The van der Waals surface area contributed by atoms with Gasteiger partial charge in [0.25, 0.3) is 0 Å². The van der Waals surface area contributed by atoms with E-state index in [1.54, 1.807) is 0 Å². The van der Waals surface area contributed by atoms with E-state index in [1.165, 1.54) is 0 Å². The smallest absolute Gasteiger partial charge is 0.303 e. The maximum atomic E-state index is 10.2. The first-order valence-corrected chi connectivity index (χ1v) is 5.61. The van der Waals surface area contributed by atoms with E-state index in [4.69, 9.17) is 33.1 Å². The van der Waals surface area contributed by atoms with Gasteiger partial charge >= 0.3 is 11.9 Å². The maximum absolute atomic E-state index is 10.2. The van der Waals surface area contributed by atoms with Crippen LogP contribution in [-0.2, 0) is 19.2 Å². The first kappa shape index (κ1) is 20.1. The molecule has 0 aliphatic rings. The zero-order valence-electron chi connectivity index (χ0n) is 10.8. The van der Waals surface area contributed by atoms with E-state index in [0.29, 0.717) is 0 Å². The second-order valence-corrected chi connectivity index (χ2v) is 3.88. The van der Waals surface area contributed by atoms with Crippen molar-refractivity contribution < 1.29 is 29.4 Å². The third-order valence-electron chi connectivity index (χ3n) is 2.07. The van der Waals surface area contributed by atoms with Crippen LogP contribution < -0.4 is 22.9 Å². The highest BCUT2D eigenvalue weighted by Gasteiger charge is 2.10. The zero-order valence-corrected chi connectivity index (χ0v) is 10.8. The summed E-state index contributed by atoms with van der Waals surface area (Å²) >= 11 is 0. The summed E-state index contributed by atoms with van der Waals surface area (Å²) in [6.45, 7) is 0. The van der Waals surface area contributed by atoms with E-state index in [2.05, 4.69) is 0 Å². The fourth-order valence-corrected chi connectivity index (χ4v) is 0.842. The van der Waals surface area contributed by atoms with Crippen LogP contribution in [0.5, 0.6) is 0 Å². The summed E-state index contributed by atoms with van der Waals surface area (Å²) in [4.78, 5) is 40.3. The minimum absolute atomic E-state index is 0.102. The molecule has 2 unspecified atom stereocenters. The number of carbonyl (C=O) groups is 4. The van der Waals surface area contributed by atoms with Gasteiger partial charge in [-0.2, -0.15) is 0 Å². The van der Waals surface area contributed by atoms with Gasteiger partial charge in [0.05, 0.1) is 12.1 Å². The number of amides is 2. The van der Waals surface area contributed by atoms with E-state index in [-0.39, 0.29) is 25.7 Å². The molecule has 0 spiro atoms. The second kappa shape index (κ2) is 10.7. The van der Waals surface area contributed by atoms with E-state index in [9.17, 15) is 19.2 Å². The Balaban J connectivity index is 0. The van der Waals surface area contributed by atoms with Crippen molar-refractivity contribution in [3.05, 3.63) is 0 Å². The summed E-state index contributed by atoms with van der Waals surface area (Å²) in [5.74, 6) is -3.28. The molecule has 0 bridgehead atoms. The first-order chi connectivity index (χ1) is 9.07. The number of nitrogens with two attached hydrogens (primary N) is 4. The van der Waals surface area contributed by atoms with E-state index < -0.39 is 35.8 Å². The largest absolute Gasteiger partial charge is 0.481 e. The summed E-state index contributed by atoms with van der Waals surface area (Å²) in [5, 5.41) is 16.3. The lowest BCUT2D eigenvalue weighted by Crippen LogP contribution is -2.36. The van der Waals surface area contributed by atoms with E-state index in [1.807, 2.05) is 0 Å². The van der Waals surface area contributed by atoms with Crippen molar-refractivity contribution in [2.75, 3.05) is 0 Å². The SMILES string of the molecule is NC(=O)C(N)CCC(=O)O.NC(=O)C(N)CCC(=O)O. The molecule has 0 aromatic heterocycles. The molecule has 10 nitrogen and oxygen atoms in total. The molecule has 0 aliphatic heterocycles. The Bertz CT molecular complexity index is 326. The van der Waals surface area contributed by atoms with Crippen LogP contribution >= 0.6 is 0 Å². The normalized spacial score (nSPS) is 12.5. The number of primary amides is 2. The molecule has 0 saturated carbocycles. The molecule has 0 fully saturated rings. The van der Waals surface area contributed by atoms with Gasteiger partial charge in [-0.05, 0) is 12.8 Å². The molecule has 0 aliphatic carbocycles. The van der Waals surface area contributed by atoms with Crippen molar-refractivity contribution in [2.45, 2.75) is 37.8 Å². The van der Waals surface area contributed by atoms with Crippen LogP contribution in [0.4, 0.5) is 0 Å². The van der Waals surface area contributed by atoms with Crippen molar-refractivity contribution in [1.29, 1.82) is 0 Å². The average Bonchev–Trinajstić information content (AvgIpc) is 2.33. The highest BCUT2D eigenvalue weighted by Crippen LogP contribution is 1.93. The van der Waals surface area contributed by atoms with E-state index >= 15 is 0 Å². The molecule has 20 heavy (non-hydrogen) atoms.